The molecule has 1 amide bonds. The van der Waals surface area contributed by atoms with Crippen molar-refractivity contribution in [2.75, 3.05) is 12.3 Å². The van der Waals surface area contributed by atoms with Gasteiger partial charge in [0, 0.05) is 22.9 Å². The lowest BCUT2D eigenvalue weighted by Gasteiger charge is -2.03. The van der Waals surface area contributed by atoms with E-state index < -0.39 is 0 Å². The highest BCUT2D eigenvalue weighted by Crippen LogP contribution is 2.24. The van der Waals surface area contributed by atoms with Crippen LogP contribution in [0.3, 0.4) is 0 Å². The minimum Gasteiger partial charge on any atom is -0.451 e. The summed E-state index contributed by atoms with van der Waals surface area (Å²) in [5, 5.41) is 4.87. The Kier molecular flexibility index (Phi) is 5.72. The van der Waals surface area contributed by atoms with Crippen molar-refractivity contribution in [3.05, 3.63) is 70.4 Å². The molecule has 124 valence electrons. The van der Waals surface area contributed by atoms with Crippen molar-refractivity contribution in [2.45, 2.75) is 5.75 Å². The summed E-state index contributed by atoms with van der Waals surface area (Å²) >= 11 is 3.50. The Bertz CT molecular complexity index is 799. The summed E-state index contributed by atoms with van der Waals surface area (Å²) in [6.07, 6.45) is 0. The van der Waals surface area contributed by atoms with Gasteiger partial charge in [0.25, 0.3) is 5.91 Å². The van der Waals surface area contributed by atoms with Gasteiger partial charge >= 0.3 is 0 Å². The molecule has 3 nitrogen and oxygen atoms in total. The second-order valence-electron chi connectivity index (χ2n) is 5.03. The number of rotatable bonds is 7. The molecule has 0 saturated carbocycles. The molecule has 0 saturated heterocycles. The van der Waals surface area contributed by atoms with Crippen LogP contribution in [0.15, 0.2) is 58.3 Å². The lowest BCUT2D eigenvalue weighted by Crippen LogP contribution is -2.25. The molecule has 1 aromatic carbocycles. The Hall–Kier alpha value is -2.05. The van der Waals surface area contributed by atoms with E-state index in [1.807, 2.05) is 6.07 Å². The number of hydrogen-bond donors (Lipinski definition) is 1. The van der Waals surface area contributed by atoms with E-state index in [0.717, 1.165) is 11.5 Å². The molecule has 0 spiro atoms. The van der Waals surface area contributed by atoms with Gasteiger partial charge in [0.1, 0.15) is 11.6 Å². The highest BCUT2D eigenvalue weighted by molar-refractivity contribution is 7.98. The third-order valence-corrected chi connectivity index (χ3v) is 5.39. The molecule has 0 aliphatic heterocycles. The molecule has 0 atom stereocenters. The van der Waals surface area contributed by atoms with E-state index in [1.54, 1.807) is 53.4 Å². The molecule has 24 heavy (non-hydrogen) atoms. The summed E-state index contributed by atoms with van der Waals surface area (Å²) < 4.78 is 19.2. The van der Waals surface area contributed by atoms with Crippen LogP contribution in [0.4, 0.5) is 4.39 Å². The fourth-order valence-electron chi connectivity index (χ4n) is 2.16. The van der Waals surface area contributed by atoms with E-state index in [9.17, 15) is 9.18 Å². The number of thioether (sulfide) groups is 1. The van der Waals surface area contributed by atoms with Crippen molar-refractivity contribution >= 4 is 29.0 Å². The number of halogens is 1. The lowest BCUT2D eigenvalue weighted by atomic mass is 10.1. The minimum absolute atomic E-state index is 0.191. The molecule has 0 fully saturated rings. The number of carbonyl (C=O) groups excluding carboxylic acids is 1. The first-order valence-electron chi connectivity index (χ1n) is 7.47. The zero-order chi connectivity index (χ0) is 16.8. The second-order valence-corrected chi connectivity index (χ2v) is 7.17. The normalized spacial score (nSPS) is 10.7. The van der Waals surface area contributed by atoms with Crippen LogP contribution >= 0.6 is 23.1 Å². The fraction of sp³-hybridized carbons (Fsp3) is 0.167. The monoisotopic (exact) mass is 361 g/mol. The second kappa shape index (κ2) is 8.17. The van der Waals surface area contributed by atoms with Crippen molar-refractivity contribution < 1.29 is 13.6 Å². The van der Waals surface area contributed by atoms with Gasteiger partial charge in [-0.2, -0.15) is 11.8 Å². The average Bonchev–Trinajstić information content (AvgIpc) is 3.26. The summed E-state index contributed by atoms with van der Waals surface area (Å²) in [4.78, 5) is 13.4. The maximum atomic E-state index is 13.7. The first kappa shape index (κ1) is 16.8. The SMILES string of the molecule is O=C(NCCSCc1cccs1)c1ccc(-c2ccccc2F)o1. The molecular weight excluding hydrogens is 345 g/mol. The fourth-order valence-corrected chi connectivity index (χ4v) is 3.86. The molecule has 0 bridgehead atoms. The molecule has 3 rings (SSSR count). The predicted molar refractivity (Wildman–Crippen MR) is 96.9 cm³/mol. The van der Waals surface area contributed by atoms with Crippen LogP contribution in [0, 0.1) is 5.82 Å². The zero-order valence-corrected chi connectivity index (χ0v) is 14.5. The average molecular weight is 361 g/mol. The maximum absolute atomic E-state index is 13.7. The van der Waals surface area contributed by atoms with Crippen LogP contribution in [-0.4, -0.2) is 18.2 Å². The molecule has 0 radical (unpaired) electrons. The number of carbonyl (C=O) groups is 1. The number of nitrogens with one attached hydrogen (secondary N) is 1. The zero-order valence-electron chi connectivity index (χ0n) is 12.8. The van der Waals surface area contributed by atoms with Gasteiger partial charge in [0.2, 0.25) is 0 Å². The Morgan fingerprint density at radius 2 is 2.04 bits per heavy atom. The first-order chi connectivity index (χ1) is 11.7. The highest BCUT2D eigenvalue weighted by atomic mass is 32.2. The van der Waals surface area contributed by atoms with Crippen LogP contribution in [-0.2, 0) is 5.75 Å². The molecular formula is C18H16FNO2S2. The Labute approximate surface area is 147 Å². The van der Waals surface area contributed by atoms with Gasteiger partial charge in [-0.1, -0.05) is 18.2 Å². The van der Waals surface area contributed by atoms with Crippen molar-refractivity contribution in [3.8, 4) is 11.3 Å². The molecule has 0 aliphatic carbocycles. The standard InChI is InChI=1S/C18H16FNO2S2/c19-15-6-2-1-5-14(15)16-7-8-17(22-16)18(21)20-9-11-23-12-13-4-3-10-24-13/h1-8,10H,9,11-12H2,(H,20,21). The maximum Gasteiger partial charge on any atom is 0.287 e. The van der Waals surface area contributed by atoms with E-state index in [0.29, 0.717) is 17.9 Å². The van der Waals surface area contributed by atoms with Gasteiger partial charge in [-0.15, -0.1) is 11.3 Å². The molecule has 6 heteroatoms. The Morgan fingerprint density at radius 3 is 2.83 bits per heavy atom. The molecule has 2 aromatic heterocycles. The van der Waals surface area contributed by atoms with Crippen molar-refractivity contribution in [1.29, 1.82) is 0 Å². The van der Waals surface area contributed by atoms with Gasteiger partial charge in [-0.25, -0.2) is 4.39 Å². The number of benzene rings is 1. The summed E-state index contributed by atoms with van der Waals surface area (Å²) in [5.74, 6) is 1.66. The first-order valence-corrected chi connectivity index (χ1v) is 9.50. The van der Waals surface area contributed by atoms with Crippen molar-refractivity contribution in [1.82, 2.24) is 5.32 Å². The molecule has 0 unspecified atom stereocenters. The van der Waals surface area contributed by atoms with Gasteiger partial charge in [-0.3, -0.25) is 4.79 Å². The van der Waals surface area contributed by atoms with Crippen molar-refractivity contribution in [3.63, 3.8) is 0 Å². The Morgan fingerprint density at radius 1 is 1.17 bits per heavy atom. The predicted octanol–water partition coefficient (Wildman–Crippen LogP) is 4.81. The number of furan rings is 1. The lowest BCUT2D eigenvalue weighted by molar-refractivity contribution is 0.0929. The van der Waals surface area contributed by atoms with Gasteiger partial charge in [0.05, 0.1) is 5.56 Å². The van der Waals surface area contributed by atoms with Crippen molar-refractivity contribution in [2.24, 2.45) is 0 Å². The van der Waals surface area contributed by atoms with Crippen LogP contribution in [0.25, 0.3) is 11.3 Å². The van der Waals surface area contributed by atoms with Crippen LogP contribution in [0.5, 0.6) is 0 Å². The molecule has 3 aromatic rings. The number of amides is 1. The van der Waals surface area contributed by atoms with Gasteiger partial charge < -0.3 is 9.73 Å². The smallest absolute Gasteiger partial charge is 0.287 e. The van der Waals surface area contributed by atoms with Crippen LogP contribution in [0.1, 0.15) is 15.4 Å². The number of hydrogen-bond acceptors (Lipinski definition) is 4. The Balaban J connectivity index is 1.48. The summed E-state index contributed by atoms with van der Waals surface area (Å²) in [5.41, 5.74) is 0.350. The minimum atomic E-state index is -0.371. The third kappa shape index (κ3) is 4.27. The van der Waals surface area contributed by atoms with E-state index >= 15 is 0 Å². The molecule has 1 N–H and O–H groups in total. The summed E-state index contributed by atoms with van der Waals surface area (Å²) in [6.45, 7) is 0.560. The molecule has 0 aliphatic rings. The topological polar surface area (TPSA) is 42.2 Å². The highest BCUT2D eigenvalue weighted by Gasteiger charge is 2.13. The molecule has 2 heterocycles. The number of thiophene rings is 1. The van der Waals surface area contributed by atoms with E-state index in [2.05, 4.69) is 16.8 Å². The summed E-state index contributed by atoms with van der Waals surface area (Å²) in [7, 11) is 0. The van der Waals surface area contributed by atoms with Crippen LogP contribution < -0.4 is 5.32 Å². The van der Waals surface area contributed by atoms with Gasteiger partial charge in [0.15, 0.2) is 5.76 Å². The van der Waals surface area contributed by atoms with Crippen LogP contribution in [0.2, 0.25) is 0 Å². The van der Waals surface area contributed by atoms with E-state index in [-0.39, 0.29) is 17.5 Å². The van der Waals surface area contributed by atoms with E-state index in [1.165, 1.54) is 10.9 Å². The summed E-state index contributed by atoms with van der Waals surface area (Å²) in [6, 6.07) is 13.6. The quantitative estimate of drug-likeness (QED) is 0.614. The largest absolute Gasteiger partial charge is 0.451 e. The van der Waals surface area contributed by atoms with E-state index in [4.69, 9.17) is 4.42 Å². The third-order valence-electron chi connectivity index (χ3n) is 3.33. The van der Waals surface area contributed by atoms with Gasteiger partial charge in [-0.05, 0) is 35.7 Å².